The van der Waals surface area contributed by atoms with Crippen molar-refractivity contribution in [2.24, 2.45) is 0 Å². The minimum Gasteiger partial charge on any atom is -1.00 e. The Balaban J connectivity index is -0.00000408. The maximum absolute atomic E-state index is 11.8. The van der Waals surface area contributed by atoms with Crippen LogP contribution in [0.25, 0.3) is 0 Å². The molecule has 0 amide bonds. The van der Waals surface area contributed by atoms with Gasteiger partial charge < -0.3 is 7.96 Å². The molecule has 1 aromatic carbocycles. The zero-order valence-electron chi connectivity index (χ0n) is 25.5. The number of phenolic OH excluding ortho intramolecular Hbond substituents is 1. The van der Waals surface area contributed by atoms with Gasteiger partial charge in [0.2, 0.25) is 0 Å². The molecule has 0 fully saturated rings. The van der Waals surface area contributed by atoms with Gasteiger partial charge in [0.15, 0.2) is 0 Å². The van der Waals surface area contributed by atoms with Crippen molar-refractivity contribution in [3.8, 4) is 5.75 Å². The van der Waals surface area contributed by atoms with Crippen molar-refractivity contribution in [3.05, 3.63) is 23.3 Å². The van der Waals surface area contributed by atoms with E-state index in [2.05, 4.69) is 13.8 Å². The van der Waals surface area contributed by atoms with E-state index >= 15 is 0 Å². The van der Waals surface area contributed by atoms with Crippen LogP contribution < -0.4 is 0 Å². The van der Waals surface area contributed by atoms with Gasteiger partial charge in [-0.1, -0.05) is 135 Å². The fraction of sp³-hybridized carbons (Fsp3) is 0.800. The number of rotatable bonds is 23. The van der Waals surface area contributed by atoms with E-state index in [1.54, 1.807) is 0 Å². The SMILES string of the molecule is CCCCCCCCCCCCc1cc(CCCCCCCCCCCC)c(O)c(S(=O)(=O)O)c1.[H-].[H-].[Mg+2]. The van der Waals surface area contributed by atoms with Crippen LogP contribution in [0.5, 0.6) is 5.75 Å². The molecule has 0 heterocycles. The Hall–Kier alpha value is -0.304. The molecule has 36 heavy (non-hydrogen) atoms. The topological polar surface area (TPSA) is 74.6 Å². The van der Waals surface area contributed by atoms with Gasteiger partial charge in [-0.15, -0.1) is 0 Å². The predicted octanol–water partition coefficient (Wildman–Crippen LogP) is 9.41. The Morgan fingerprint density at radius 3 is 1.36 bits per heavy atom. The number of aromatic hydroxyl groups is 1. The smallest absolute Gasteiger partial charge is 1.00 e. The summed E-state index contributed by atoms with van der Waals surface area (Å²) in [7, 11) is -4.43. The van der Waals surface area contributed by atoms with Crippen molar-refractivity contribution in [2.45, 2.75) is 160 Å². The summed E-state index contributed by atoms with van der Waals surface area (Å²) in [5.41, 5.74) is 1.55. The van der Waals surface area contributed by atoms with E-state index in [4.69, 9.17) is 0 Å². The molecule has 0 aliphatic carbocycles. The molecule has 0 unspecified atom stereocenters. The minimum atomic E-state index is -4.43. The van der Waals surface area contributed by atoms with E-state index in [-0.39, 0.29) is 36.6 Å². The molecule has 4 nitrogen and oxygen atoms in total. The molecule has 0 spiro atoms. The molecule has 2 N–H and O–H groups in total. The van der Waals surface area contributed by atoms with Crippen LogP contribution >= 0.6 is 0 Å². The molecule has 0 bridgehead atoms. The predicted molar refractivity (Wildman–Crippen MR) is 157 cm³/mol. The van der Waals surface area contributed by atoms with E-state index in [9.17, 15) is 18.1 Å². The summed E-state index contributed by atoms with van der Waals surface area (Å²) in [5.74, 6) is -0.268. The Morgan fingerprint density at radius 1 is 0.611 bits per heavy atom. The first-order chi connectivity index (χ1) is 16.9. The number of hydrogen-bond acceptors (Lipinski definition) is 3. The Kier molecular flexibility index (Phi) is 22.5. The third-order valence-corrected chi connectivity index (χ3v) is 7.98. The van der Waals surface area contributed by atoms with E-state index in [0.717, 1.165) is 37.7 Å². The van der Waals surface area contributed by atoms with Gasteiger partial charge in [0.05, 0.1) is 0 Å². The molecule has 0 aliphatic rings. The molecule has 0 saturated heterocycles. The van der Waals surface area contributed by atoms with Crippen molar-refractivity contribution in [2.75, 3.05) is 0 Å². The van der Waals surface area contributed by atoms with E-state index in [1.807, 2.05) is 6.07 Å². The Labute approximate surface area is 242 Å². The van der Waals surface area contributed by atoms with E-state index in [0.29, 0.717) is 12.0 Å². The Morgan fingerprint density at radius 2 is 0.972 bits per heavy atom. The molecular formula is C30H56MgO4S. The first-order valence-corrected chi connectivity index (χ1v) is 16.2. The summed E-state index contributed by atoms with van der Waals surface area (Å²) >= 11 is 0. The van der Waals surface area contributed by atoms with Crippen molar-refractivity contribution in [3.63, 3.8) is 0 Å². The van der Waals surface area contributed by atoms with Gasteiger partial charge in [-0.3, -0.25) is 4.55 Å². The van der Waals surface area contributed by atoms with Crippen LogP contribution in [0, 0.1) is 0 Å². The number of phenols is 1. The summed E-state index contributed by atoms with van der Waals surface area (Å²) in [6.45, 7) is 4.48. The van der Waals surface area contributed by atoms with Crippen molar-refractivity contribution in [1.82, 2.24) is 0 Å². The number of aryl methyl sites for hydroxylation is 2. The second-order valence-electron chi connectivity index (χ2n) is 10.4. The van der Waals surface area contributed by atoms with Gasteiger partial charge in [0, 0.05) is 0 Å². The molecule has 1 rings (SSSR count). The van der Waals surface area contributed by atoms with E-state index < -0.39 is 10.1 Å². The number of hydrogen-bond donors (Lipinski definition) is 2. The summed E-state index contributed by atoms with van der Waals surface area (Å²) in [4.78, 5) is -0.329. The number of benzene rings is 1. The molecule has 0 radical (unpaired) electrons. The molecule has 0 aromatic heterocycles. The third-order valence-electron chi connectivity index (χ3n) is 7.11. The molecular weight excluding hydrogens is 481 g/mol. The summed E-state index contributed by atoms with van der Waals surface area (Å²) < 4.78 is 33.3. The van der Waals surface area contributed by atoms with Gasteiger partial charge in [0.1, 0.15) is 10.6 Å². The van der Waals surface area contributed by atoms with Crippen molar-refractivity contribution >= 4 is 33.2 Å². The van der Waals surface area contributed by atoms with Gasteiger partial charge in [0.25, 0.3) is 10.1 Å². The molecule has 0 aliphatic heterocycles. The van der Waals surface area contributed by atoms with E-state index in [1.165, 1.54) is 109 Å². The number of unbranched alkanes of at least 4 members (excludes halogenated alkanes) is 18. The molecule has 208 valence electrons. The Bertz CT molecular complexity index is 776. The van der Waals surface area contributed by atoms with Crippen LogP contribution in [-0.2, 0) is 23.0 Å². The largest absolute Gasteiger partial charge is 2.00 e. The van der Waals surface area contributed by atoms with Crippen LogP contribution in [0.3, 0.4) is 0 Å². The second-order valence-corrected chi connectivity index (χ2v) is 11.8. The average molecular weight is 537 g/mol. The average Bonchev–Trinajstić information content (AvgIpc) is 2.82. The monoisotopic (exact) mass is 536 g/mol. The molecule has 0 saturated carbocycles. The second kappa shape index (κ2) is 22.7. The van der Waals surface area contributed by atoms with Crippen molar-refractivity contribution in [1.29, 1.82) is 0 Å². The quantitative estimate of drug-likeness (QED) is 0.0829. The normalized spacial score (nSPS) is 11.5. The molecule has 0 atom stereocenters. The maximum atomic E-state index is 11.8. The van der Waals surface area contributed by atoms with Crippen LogP contribution in [0.15, 0.2) is 17.0 Å². The van der Waals surface area contributed by atoms with Gasteiger partial charge in [-0.25, -0.2) is 0 Å². The fourth-order valence-electron chi connectivity index (χ4n) is 4.88. The van der Waals surface area contributed by atoms with Crippen LogP contribution in [0.4, 0.5) is 0 Å². The van der Waals surface area contributed by atoms with Gasteiger partial charge >= 0.3 is 23.1 Å². The standard InChI is InChI=1S/C30H54O4S.Mg.2H/c1-3-5-7-9-11-13-15-17-19-21-23-27-25-28(30(31)29(26-27)35(32,33)34)24-22-20-18-16-14-12-10-8-6-4-2;;;/h25-26,31H,3-24H2,1-2H3,(H,32,33,34);;;/q;+2;2*-1. The minimum absolute atomic E-state index is 0. The summed E-state index contributed by atoms with van der Waals surface area (Å²) in [5, 5.41) is 10.5. The maximum Gasteiger partial charge on any atom is 2.00 e. The molecule has 1 aromatic rings. The molecule has 6 heteroatoms. The third kappa shape index (κ3) is 17.3. The van der Waals surface area contributed by atoms with Crippen LogP contribution in [0.2, 0.25) is 0 Å². The summed E-state index contributed by atoms with van der Waals surface area (Å²) in [6.07, 6.45) is 26.4. The zero-order valence-corrected chi connectivity index (χ0v) is 25.8. The first kappa shape index (κ1) is 35.7. The van der Waals surface area contributed by atoms with Gasteiger partial charge in [-0.2, -0.15) is 8.42 Å². The van der Waals surface area contributed by atoms with Crippen LogP contribution in [-0.4, -0.2) is 41.1 Å². The zero-order chi connectivity index (χ0) is 25.8. The van der Waals surface area contributed by atoms with Crippen LogP contribution in [0.1, 0.15) is 156 Å². The van der Waals surface area contributed by atoms with Gasteiger partial charge in [-0.05, 0) is 42.9 Å². The van der Waals surface area contributed by atoms with Crippen molar-refractivity contribution < 1.29 is 20.9 Å². The summed E-state index contributed by atoms with van der Waals surface area (Å²) in [6, 6.07) is 3.41. The first-order valence-electron chi connectivity index (χ1n) is 14.7. The fourth-order valence-corrected chi connectivity index (χ4v) is 5.56.